The van der Waals surface area contributed by atoms with E-state index in [-0.39, 0.29) is 0 Å². The maximum atomic E-state index is 12.6. The van der Waals surface area contributed by atoms with E-state index in [2.05, 4.69) is 155 Å². The zero-order chi connectivity index (χ0) is 33.2. The molecule has 236 valence electrons. The summed E-state index contributed by atoms with van der Waals surface area (Å²) in [7, 11) is 0. The molecule has 0 bridgehead atoms. The third-order valence-electron chi connectivity index (χ3n) is 10.4. The Balaban J connectivity index is 1.13. The summed E-state index contributed by atoms with van der Waals surface area (Å²) < 4.78 is 2.38. The van der Waals surface area contributed by atoms with Crippen LogP contribution in [0.25, 0.3) is 71.6 Å². The second-order valence-corrected chi connectivity index (χ2v) is 13.1. The zero-order valence-corrected chi connectivity index (χ0v) is 27.2. The summed E-state index contributed by atoms with van der Waals surface area (Å²) in [6.07, 6.45) is 0. The normalized spacial score (nSPS) is 15.1. The molecule has 50 heavy (non-hydrogen) atoms. The lowest BCUT2D eigenvalue weighted by Gasteiger charge is -2.28. The number of aromatic nitrogens is 1. The van der Waals surface area contributed by atoms with E-state index in [9.17, 15) is 5.11 Å². The second kappa shape index (κ2) is 11.1. The molecule has 3 heteroatoms. The number of anilines is 1. The molecule has 2 N–H and O–H groups in total. The molecular weight excluding hydrogens is 609 g/mol. The highest BCUT2D eigenvalue weighted by Gasteiger charge is 2.41. The summed E-state index contributed by atoms with van der Waals surface area (Å²) >= 11 is 0. The van der Waals surface area contributed by atoms with Crippen LogP contribution in [0.1, 0.15) is 11.1 Å². The van der Waals surface area contributed by atoms with E-state index in [0.29, 0.717) is 0 Å². The highest BCUT2D eigenvalue weighted by atomic mass is 16.3. The molecule has 0 amide bonds. The SMILES string of the molecule is OC1(c2ccccc2-c2ccccc2)Nc2ccc(-c3ccc4c5ccccc5n(-c5ccc(-c6ccccc6)cc5)c4c3)c3cccc1c23. The van der Waals surface area contributed by atoms with E-state index < -0.39 is 5.72 Å². The topological polar surface area (TPSA) is 37.2 Å². The first kappa shape index (κ1) is 28.6. The van der Waals surface area contributed by atoms with Crippen LogP contribution in [0.5, 0.6) is 0 Å². The Morgan fingerprint density at radius 3 is 1.86 bits per heavy atom. The van der Waals surface area contributed by atoms with E-state index in [1.807, 2.05) is 36.4 Å². The number of nitrogens with zero attached hydrogens (tertiary/aromatic N) is 1. The van der Waals surface area contributed by atoms with Gasteiger partial charge in [-0.2, -0.15) is 0 Å². The molecule has 0 saturated heterocycles. The minimum absolute atomic E-state index is 0.834. The summed E-state index contributed by atoms with van der Waals surface area (Å²) in [6.45, 7) is 0. The van der Waals surface area contributed by atoms with E-state index in [4.69, 9.17) is 0 Å². The predicted molar refractivity (Wildman–Crippen MR) is 208 cm³/mol. The van der Waals surface area contributed by atoms with Crippen molar-refractivity contribution in [3.63, 3.8) is 0 Å². The molecule has 9 aromatic rings. The maximum absolute atomic E-state index is 12.6. The third-order valence-corrected chi connectivity index (χ3v) is 10.4. The van der Waals surface area contributed by atoms with Crippen molar-refractivity contribution in [2.75, 3.05) is 5.32 Å². The fraction of sp³-hybridized carbons (Fsp3) is 0.0213. The van der Waals surface area contributed by atoms with Gasteiger partial charge in [0.25, 0.3) is 0 Å². The molecule has 1 unspecified atom stereocenters. The van der Waals surface area contributed by atoms with Crippen molar-refractivity contribution < 1.29 is 5.11 Å². The van der Waals surface area contributed by atoms with Crippen LogP contribution in [0.2, 0.25) is 0 Å². The number of fused-ring (bicyclic) bond motifs is 3. The molecule has 1 aliphatic rings. The monoisotopic (exact) mass is 640 g/mol. The third kappa shape index (κ3) is 4.27. The first-order valence-electron chi connectivity index (χ1n) is 17.1. The molecule has 0 spiro atoms. The summed E-state index contributed by atoms with van der Waals surface area (Å²) in [6, 6.07) is 63.9. The van der Waals surface area contributed by atoms with Gasteiger partial charge in [-0.1, -0.05) is 152 Å². The summed E-state index contributed by atoms with van der Waals surface area (Å²) in [5, 5.41) is 20.7. The minimum Gasteiger partial charge on any atom is -0.363 e. The van der Waals surface area contributed by atoms with Gasteiger partial charge in [-0.25, -0.2) is 0 Å². The summed E-state index contributed by atoms with van der Waals surface area (Å²) in [5.41, 5.74) is 11.5. The van der Waals surface area contributed by atoms with Crippen molar-refractivity contribution in [1.29, 1.82) is 0 Å². The van der Waals surface area contributed by atoms with Crippen molar-refractivity contribution in [1.82, 2.24) is 4.57 Å². The summed E-state index contributed by atoms with van der Waals surface area (Å²) in [4.78, 5) is 0. The predicted octanol–water partition coefficient (Wildman–Crippen LogP) is 11.6. The fourth-order valence-corrected chi connectivity index (χ4v) is 8.06. The standard InChI is InChI=1S/C47H32N2O/c50-47(41-19-9-7-16-37(41)33-14-5-2-6-15-33)42-20-11-18-40-36(28-29-43(48-47)46(40)42)34-24-27-39-38-17-8-10-21-44(38)49(45(39)30-34)35-25-22-32(23-26-35)31-12-3-1-4-13-31/h1-30,48,50H. The first-order valence-corrected chi connectivity index (χ1v) is 17.1. The molecule has 2 heterocycles. The number of benzene rings is 8. The molecule has 0 aliphatic carbocycles. The average molecular weight is 641 g/mol. The molecule has 3 nitrogen and oxygen atoms in total. The van der Waals surface area contributed by atoms with Gasteiger partial charge >= 0.3 is 0 Å². The first-order chi connectivity index (χ1) is 24.7. The van der Waals surface area contributed by atoms with Gasteiger partial charge in [0.15, 0.2) is 5.72 Å². The minimum atomic E-state index is -1.38. The van der Waals surface area contributed by atoms with Crippen LogP contribution in [0.15, 0.2) is 182 Å². The number of rotatable bonds is 5. The van der Waals surface area contributed by atoms with E-state index in [1.165, 1.54) is 27.4 Å². The highest BCUT2D eigenvalue weighted by Crippen LogP contribution is 2.49. The molecule has 8 aromatic carbocycles. The summed E-state index contributed by atoms with van der Waals surface area (Å²) in [5.74, 6) is 0. The number of nitrogens with one attached hydrogen (secondary N) is 1. The van der Waals surface area contributed by atoms with Crippen LogP contribution in [-0.4, -0.2) is 9.67 Å². The number of aliphatic hydroxyl groups is 1. The molecule has 1 aliphatic heterocycles. The van der Waals surface area contributed by atoms with Crippen molar-refractivity contribution in [2.24, 2.45) is 0 Å². The second-order valence-electron chi connectivity index (χ2n) is 13.1. The van der Waals surface area contributed by atoms with Gasteiger partial charge in [-0.3, -0.25) is 0 Å². The van der Waals surface area contributed by atoms with Crippen LogP contribution >= 0.6 is 0 Å². The van der Waals surface area contributed by atoms with Crippen molar-refractivity contribution in [3.05, 3.63) is 193 Å². The molecule has 0 radical (unpaired) electrons. The van der Waals surface area contributed by atoms with Gasteiger partial charge in [0.1, 0.15) is 0 Å². The Bertz CT molecular complexity index is 2730. The number of para-hydroxylation sites is 1. The zero-order valence-electron chi connectivity index (χ0n) is 27.2. The lowest BCUT2D eigenvalue weighted by Crippen LogP contribution is -2.33. The van der Waals surface area contributed by atoms with Crippen molar-refractivity contribution in [3.8, 4) is 39.1 Å². The van der Waals surface area contributed by atoms with Gasteiger partial charge in [0.05, 0.1) is 11.0 Å². The van der Waals surface area contributed by atoms with E-state index >= 15 is 0 Å². The number of hydrogen-bond donors (Lipinski definition) is 2. The van der Waals surface area contributed by atoms with Crippen LogP contribution in [0.3, 0.4) is 0 Å². The van der Waals surface area contributed by atoms with Gasteiger partial charge in [-0.05, 0) is 69.1 Å². The van der Waals surface area contributed by atoms with Crippen LogP contribution in [0, 0.1) is 0 Å². The Morgan fingerprint density at radius 1 is 0.420 bits per heavy atom. The Kier molecular flexibility index (Phi) is 6.32. The van der Waals surface area contributed by atoms with Gasteiger partial charge in [0.2, 0.25) is 0 Å². The number of hydrogen-bond acceptors (Lipinski definition) is 2. The largest absolute Gasteiger partial charge is 0.363 e. The lowest BCUT2D eigenvalue weighted by atomic mass is 9.87. The smallest absolute Gasteiger partial charge is 0.190 e. The van der Waals surface area contributed by atoms with E-state index in [1.54, 1.807) is 0 Å². The quantitative estimate of drug-likeness (QED) is 0.196. The fourth-order valence-electron chi connectivity index (χ4n) is 8.06. The van der Waals surface area contributed by atoms with Crippen molar-refractivity contribution in [2.45, 2.75) is 5.72 Å². The lowest BCUT2D eigenvalue weighted by molar-refractivity contribution is 0.118. The van der Waals surface area contributed by atoms with Gasteiger partial charge < -0.3 is 15.0 Å². The maximum Gasteiger partial charge on any atom is 0.190 e. The molecule has 1 aromatic heterocycles. The Morgan fingerprint density at radius 2 is 1.04 bits per heavy atom. The van der Waals surface area contributed by atoms with Crippen molar-refractivity contribution >= 4 is 38.3 Å². The molecule has 10 rings (SSSR count). The van der Waals surface area contributed by atoms with Gasteiger partial charge in [-0.15, -0.1) is 0 Å². The Labute approximate surface area is 290 Å². The van der Waals surface area contributed by atoms with E-state index in [0.717, 1.165) is 61.0 Å². The molecule has 0 fully saturated rings. The molecule has 1 atom stereocenters. The average Bonchev–Trinajstić information content (AvgIpc) is 3.68. The molecule has 0 saturated carbocycles. The Hall–Kier alpha value is -6.42. The van der Waals surface area contributed by atoms with Crippen LogP contribution in [0.4, 0.5) is 5.69 Å². The molecular formula is C47H32N2O. The highest BCUT2D eigenvalue weighted by molar-refractivity contribution is 6.13. The van der Waals surface area contributed by atoms with Crippen LogP contribution < -0.4 is 5.32 Å². The van der Waals surface area contributed by atoms with Crippen LogP contribution in [-0.2, 0) is 5.72 Å². The van der Waals surface area contributed by atoms with Gasteiger partial charge in [0, 0.05) is 38.7 Å².